The van der Waals surface area contributed by atoms with Crippen molar-refractivity contribution in [1.82, 2.24) is 4.98 Å². The van der Waals surface area contributed by atoms with Crippen LogP contribution in [0.1, 0.15) is 0 Å². The molecule has 0 aliphatic carbocycles. The molecule has 0 aliphatic rings. The van der Waals surface area contributed by atoms with Gasteiger partial charge in [-0.25, -0.2) is 17.8 Å². The first kappa shape index (κ1) is 14.7. The largest absolute Gasteiger partial charge is 0.397 e. The first-order valence-electron chi connectivity index (χ1n) is 5.48. The third-order valence-corrected chi connectivity index (χ3v) is 3.89. The van der Waals surface area contributed by atoms with Crippen LogP contribution >= 0.6 is 0 Å². The number of sulfonamides is 1. The van der Waals surface area contributed by atoms with Gasteiger partial charge in [0, 0.05) is 12.3 Å². The Morgan fingerprint density at radius 1 is 1.33 bits per heavy atom. The van der Waals surface area contributed by atoms with Gasteiger partial charge in [0.2, 0.25) is 0 Å². The highest BCUT2D eigenvalue weighted by molar-refractivity contribution is 7.92. The predicted molar refractivity (Wildman–Crippen MR) is 72.5 cm³/mol. The van der Waals surface area contributed by atoms with E-state index in [1.165, 1.54) is 18.3 Å². The third kappa shape index (κ3) is 3.05. The Kier molecular flexibility index (Phi) is 3.72. The fourth-order valence-electron chi connectivity index (χ4n) is 1.60. The molecule has 0 atom stereocenters. The molecule has 2 rings (SSSR count). The quantitative estimate of drug-likeness (QED) is 0.500. The fraction of sp³-hybridized carbons (Fsp3) is 0. The van der Waals surface area contributed by atoms with Crippen LogP contribution in [0.25, 0.3) is 0 Å². The molecule has 1 aromatic heterocycles. The van der Waals surface area contributed by atoms with Gasteiger partial charge in [0.15, 0.2) is 5.82 Å². The molecule has 0 amide bonds. The van der Waals surface area contributed by atoms with Crippen LogP contribution in [-0.4, -0.2) is 18.3 Å². The number of non-ortho nitro benzene ring substituents is 1. The van der Waals surface area contributed by atoms with E-state index >= 15 is 0 Å². The van der Waals surface area contributed by atoms with E-state index in [0.717, 1.165) is 6.07 Å². The van der Waals surface area contributed by atoms with Crippen LogP contribution in [0.4, 0.5) is 21.6 Å². The summed E-state index contributed by atoms with van der Waals surface area (Å²) >= 11 is 0. The Morgan fingerprint density at radius 3 is 2.57 bits per heavy atom. The zero-order chi connectivity index (χ0) is 15.6. The Balaban J connectivity index is 2.48. The zero-order valence-corrected chi connectivity index (χ0v) is 11.2. The molecule has 0 aliphatic heterocycles. The van der Waals surface area contributed by atoms with Crippen molar-refractivity contribution in [2.45, 2.75) is 4.90 Å². The monoisotopic (exact) mass is 312 g/mol. The number of hydrogen-bond acceptors (Lipinski definition) is 6. The average molecular weight is 312 g/mol. The Hall–Kier alpha value is -2.75. The summed E-state index contributed by atoms with van der Waals surface area (Å²) in [6.45, 7) is 0. The summed E-state index contributed by atoms with van der Waals surface area (Å²) in [5, 5.41) is 10.6. The zero-order valence-electron chi connectivity index (χ0n) is 10.4. The van der Waals surface area contributed by atoms with Crippen LogP contribution in [0.2, 0.25) is 0 Å². The maximum atomic E-state index is 13.8. The number of nitro benzene ring substituents is 1. The highest BCUT2D eigenvalue weighted by Crippen LogP contribution is 2.28. The van der Waals surface area contributed by atoms with Crippen LogP contribution in [0.5, 0.6) is 0 Å². The van der Waals surface area contributed by atoms with Crippen molar-refractivity contribution in [3.05, 3.63) is 52.5 Å². The molecular formula is C11H9FN4O4S. The molecule has 0 unspecified atom stereocenters. The molecule has 3 N–H and O–H groups in total. The van der Waals surface area contributed by atoms with Crippen molar-refractivity contribution in [1.29, 1.82) is 0 Å². The predicted octanol–water partition coefficient (Wildman–Crippen LogP) is 1.51. The number of benzene rings is 1. The van der Waals surface area contributed by atoms with Gasteiger partial charge in [-0.15, -0.1) is 0 Å². The normalized spacial score (nSPS) is 11.1. The molecule has 1 aromatic carbocycles. The topological polar surface area (TPSA) is 128 Å². The van der Waals surface area contributed by atoms with Gasteiger partial charge in [-0.1, -0.05) is 6.07 Å². The number of anilines is 2. The Morgan fingerprint density at radius 2 is 2.05 bits per heavy atom. The van der Waals surface area contributed by atoms with Gasteiger partial charge < -0.3 is 5.73 Å². The molecule has 21 heavy (non-hydrogen) atoms. The number of nitrogens with one attached hydrogen (secondary N) is 1. The molecule has 0 saturated heterocycles. The number of nitrogens with two attached hydrogens (primary N) is 1. The molecule has 0 fully saturated rings. The molecule has 0 bridgehead atoms. The Bertz CT molecular complexity index is 772. The van der Waals surface area contributed by atoms with Gasteiger partial charge in [0.1, 0.15) is 10.7 Å². The molecule has 0 saturated carbocycles. The number of hydrogen-bond donors (Lipinski definition) is 2. The number of aromatic nitrogens is 1. The van der Waals surface area contributed by atoms with Crippen molar-refractivity contribution >= 4 is 27.2 Å². The van der Waals surface area contributed by atoms with E-state index in [2.05, 4.69) is 4.98 Å². The smallest absolute Gasteiger partial charge is 0.274 e. The molecule has 10 heteroatoms. The molecule has 1 heterocycles. The lowest BCUT2D eigenvalue weighted by Crippen LogP contribution is -2.17. The standard InChI is InChI=1S/C11H9FN4O4S/c12-8-5-7(16(17)18)6-9(13)11(8)21(19,20)15-10-3-1-2-4-14-10/h1-6H,13H2,(H,14,15). The highest BCUT2D eigenvalue weighted by Gasteiger charge is 2.26. The van der Waals surface area contributed by atoms with Crippen molar-refractivity contribution < 1.29 is 17.7 Å². The SMILES string of the molecule is Nc1cc([N+](=O)[O-])cc(F)c1S(=O)(=O)Nc1ccccn1. The van der Waals surface area contributed by atoms with Gasteiger partial charge in [-0.05, 0) is 12.1 Å². The number of nitrogens with zero attached hydrogens (tertiary/aromatic N) is 2. The summed E-state index contributed by atoms with van der Waals surface area (Å²) < 4.78 is 40.0. The maximum Gasteiger partial charge on any atom is 0.274 e. The summed E-state index contributed by atoms with van der Waals surface area (Å²) in [6.07, 6.45) is 1.34. The second-order valence-electron chi connectivity index (χ2n) is 3.92. The van der Waals surface area contributed by atoms with Crippen LogP contribution in [0.15, 0.2) is 41.4 Å². The molecule has 8 nitrogen and oxygen atoms in total. The minimum absolute atomic E-state index is 0.0327. The van der Waals surface area contributed by atoms with E-state index in [0.29, 0.717) is 6.07 Å². The molecule has 2 aromatic rings. The molecule has 110 valence electrons. The number of pyridine rings is 1. The molecule has 0 radical (unpaired) electrons. The second-order valence-corrected chi connectivity index (χ2v) is 5.54. The summed E-state index contributed by atoms with van der Waals surface area (Å²) in [5.41, 5.74) is 4.21. The van der Waals surface area contributed by atoms with Crippen molar-refractivity contribution in [3.63, 3.8) is 0 Å². The fourth-order valence-corrected chi connectivity index (χ4v) is 2.78. The minimum atomic E-state index is -4.35. The Labute approximate surface area is 118 Å². The number of rotatable bonds is 4. The molecule has 0 spiro atoms. The second kappa shape index (κ2) is 5.32. The van der Waals surface area contributed by atoms with E-state index in [1.54, 1.807) is 6.07 Å². The van der Waals surface area contributed by atoms with E-state index < -0.39 is 37.0 Å². The minimum Gasteiger partial charge on any atom is -0.397 e. The number of nitrogen functional groups attached to an aromatic ring is 1. The van der Waals surface area contributed by atoms with Gasteiger partial charge in [0.05, 0.1) is 16.7 Å². The maximum absolute atomic E-state index is 13.8. The highest BCUT2D eigenvalue weighted by atomic mass is 32.2. The summed E-state index contributed by atoms with van der Waals surface area (Å²) in [5.74, 6) is -1.35. The number of nitro groups is 1. The lowest BCUT2D eigenvalue weighted by Gasteiger charge is -2.10. The third-order valence-electron chi connectivity index (χ3n) is 2.44. The first-order chi connectivity index (χ1) is 9.81. The van der Waals surface area contributed by atoms with Crippen molar-refractivity contribution in [2.24, 2.45) is 0 Å². The van der Waals surface area contributed by atoms with Crippen LogP contribution in [-0.2, 0) is 10.0 Å². The molecular weight excluding hydrogens is 303 g/mol. The van der Waals surface area contributed by atoms with Gasteiger partial charge >= 0.3 is 0 Å². The lowest BCUT2D eigenvalue weighted by atomic mass is 10.3. The van der Waals surface area contributed by atoms with Gasteiger partial charge in [-0.3, -0.25) is 14.8 Å². The van der Waals surface area contributed by atoms with Gasteiger partial charge in [-0.2, -0.15) is 0 Å². The van der Waals surface area contributed by atoms with Crippen molar-refractivity contribution in [2.75, 3.05) is 10.5 Å². The number of halogens is 1. The summed E-state index contributed by atoms with van der Waals surface area (Å²) in [6, 6.07) is 5.72. The van der Waals surface area contributed by atoms with E-state index in [9.17, 15) is 22.9 Å². The lowest BCUT2D eigenvalue weighted by molar-refractivity contribution is -0.385. The van der Waals surface area contributed by atoms with E-state index in [1.807, 2.05) is 4.72 Å². The van der Waals surface area contributed by atoms with Crippen LogP contribution in [0, 0.1) is 15.9 Å². The average Bonchev–Trinajstić information content (AvgIpc) is 2.37. The van der Waals surface area contributed by atoms with E-state index in [-0.39, 0.29) is 5.82 Å². The van der Waals surface area contributed by atoms with E-state index in [4.69, 9.17) is 5.73 Å². The summed E-state index contributed by atoms with van der Waals surface area (Å²) in [4.78, 5) is 12.6. The first-order valence-corrected chi connectivity index (χ1v) is 6.97. The van der Waals surface area contributed by atoms with Crippen molar-refractivity contribution in [3.8, 4) is 0 Å². The van der Waals surface area contributed by atoms with Gasteiger partial charge in [0.25, 0.3) is 15.7 Å². The van der Waals surface area contributed by atoms with Crippen LogP contribution in [0.3, 0.4) is 0 Å². The summed E-state index contributed by atoms with van der Waals surface area (Å²) in [7, 11) is -4.35. The van der Waals surface area contributed by atoms with Crippen LogP contribution < -0.4 is 10.5 Å².